The number of H-pyrrole nitrogens is 1. The molecule has 10 heteroatoms. The minimum absolute atomic E-state index is 0.0986. The predicted octanol–water partition coefficient (Wildman–Crippen LogP) is 2.99. The van der Waals surface area contributed by atoms with E-state index in [0.717, 1.165) is 4.88 Å². The molecule has 3 N–H and O–H groups in total. The largest absolute Gasteiger partial charge is 0.484 e. The van der Waals surface area contributed by atoms with Gasteiger partial charge in [0.1, 0.15) is 11.8 Å². The first kappa shape index (κ1) is 19.8. The second-order valence-corrected chi connectivity index (χ2v) is 7.19. The smallest absolute Gasteiger partial charge is 0.257 e. The van der Waals surface area contributed by atoms with Crippen LogP contribution in [0.2, 0.25) is 0 Å². The van der Waals surface area contributed by atoms with E-state index in [1.54, 1.807) is 35.8 Å². The molecule has 1 atom stereocenters. The number of carbonyl (C=O) groups is 2. The van der Waals surface area contributed by atoms with Crippen molar-refractivity contribution in [2.24, 2.45) is 0 Å². The average Bonchev–Trinajstić information content (AvgIpc) is 3.35. The van der Waals surface area contributed by atoms with E-state index in [2.05, 4.69) is 20.8 Å². The van der Waals surface area contributed by atoms with Crippen LogP contribution in [0.5, 0.6) is 5.75 Å². The van der Waals surface area contributed by atoms with Crippen LogP contribution in [0.1, 0.15) is 13.0 Å². The molecule has 1 aromatic carbocycles. The van der Waals surface area contributed by atoms with Gasteiger partial charge in [-0.3, -0.25) is 19.3 Å². The standard InChI is InChI=1S/C18H19N5O3S2/c1-11(23-16(21-22-18(23)27)14-7-4-8-28-14)17(25)20-12-5-3-6-13(9-12)26-10-15(24)19-2/h3-9,11H,10H2,1-2H3,(H,19,24)(H,20,25)(H,22,27). The number of aromatic amines is 1. The van der Waals surface area contributed by atoms with Gasteiger partial charge >= 0.3 is 0 Å². The normalized spacial score (nSPS) is 11.6. The second kappa shape index (κ2) is 8.81. The molecule has 0 radical (unpaired) electrons. The molecule has 0 saturated heterocycles. The number of hydrogen-bond acceptors (Lipinski definition) is 6. The Morgan fingerprint density at radius 1 is 1.36 bits per heavy atom. The Balaban J connectivity index is 1.75. The zero-order chi connectivity index (χ0) is 20.1. The van der Waals surface area contributed by atoms with E-state index in [-0.39, 0.29) is 18.4 Å². The van der Waals surface area contributed by atoms with Crippen molar-refractivity contribution in [1.82, 2.24) is 20.1 Å². The number of hydrogen-bond donors (Lipinski definition) is 3. The Morgan fingerprint density at radius 2 is 2.18 bits per heavy atom. The Labute approximate surface area is 170 Å². The maximum Gasteiger partial charge on any atom is 0.257 e. The van der Waals surface area contributed by atoms with Crippen LogP contribution in [0.25, 0.3) is 10.7 Å². The number of aromatic nitrogens is 3. The number of ether oxygens (including phenoxy) is 1. The van der Waals surface area contributed by atoms with E-state index in [0.29, 0.717) is 22.0 Å². The lowest BCUT2D eigenvalue weighted by Crippen LogP contribution is -2.25. The van der Waals surface area contributed by atoms with Crippen LogP contribution in [-0.2, 0) is 9.59 Å². The molecule has 2 heterocycles. The third-order valence-electron chi connectivity index (χ3n) is 3.96. The number of likely N-dealkylation sites (N-methyl/N-ethyl adjacent to an activating group) is 1. The fraction of sp³-hybridized carbons (Fsp3) is 0.222. The van der Waals surface area contributed by atoms with Gasteiger partial charge in [0, 0.05) is 18.8 Å². The van der Waals surface area contributed by atoms with Crippen LogP contribution in [-0.4, -0.2) is 40.2 Å². The third kappa shape index (κ3) is 4.46. The van der Waals surface area contributed by atoms with E-state index >= 15 is 0 Å². The van der Waals surface area contributed by atoms with Crippen molar-refractivity contribution >= 4 is 41.1 Å². The summed E-state index contributed by atoms with van der Waals surface area (Å²) in [4.78, 5) is 25.0. The van der Waals surface area contributed by atoms with Crippen molar-refractivity contribution in [2.45, 2.75) is 13.0 Å². The van der Waals surface area contributed by atoms with Gasteiger partial charge in [-0.25, -0.2) is 0 Å². The highest BCUT2D eigenvalue weighted by molar-refractivity contribution is 7.71. The molecule has 0 spiro atoms. The third-order valence-corrected chi connectivity index (χ3v) is 5.12. The molecule has 2 aromatic heterocycles. The number of thiophene rings is 1. The van der Waals surface area contributed by atoms with Crippen molar-refractivity contribution in [3.8, 4) is 16.5 Å². The maximum absolute atomic E-state index is 12.8. The van der Waals surface area contributed by atoms with Gasteiger partial charge < -0.3 is 15.4 Å². The Hall–Kier alpha value is -2.98. The molecule has 0 saturated carbocycles. The molecule has 0 aliphatic heterocycles. The zero-order valence-electron chi connectivity index (χ0n) is 15.3. The van der Waals surface area contributed by atoms with Crippen molar-refractivity contribution in [3.63, 3.8) is 0 Å². The first-order chi connectivity index (χ1) is 13.5. The number of rotatable bonds is 7. The number of nitrogens with zero attached hydrogens (tertiary/aromatic N) is 2. The Bertz CT molecular complexity index is 1030. The molecule has 8 nitrogen and oxygen atoms in total. The average molecular weight is 418 g/mol. The molecular formula is C18H19N5O3S2. The summed E-state index contributed by atoms with van der Waals surface area (Å²) in [6.07, 6.45) is 0. The summed E-state index contributed by atoms with van der Waals surface area (Å²) in [6, 6.07) is 10.1. The Morgan fingerprint density at radius 3 is 2.89 bits per heavy atom. The second-order valence-electron chi connectivity index (χ2n) is 5.85. The van der Waals surface area contributed by atoms with Crippen LogP contribution in [0.3, 0.4) is 0 Å². The van der Waals surface area contributed by atoms with E-state index in [4.69, 9.17) is 17.0 Å². The van der Waals surface area contributed by atoms with Crippen LogP contribution in [0, 0.1) is 4.77 Å². The lowest BCUT2D eigenvalue weighted by molar-refractivity contribution is -0.122. The van der Waals surface area contributed by atoms with Crippen molar-refractivity contribution < 1.29 is 14.3 Å². The van der Waals surface area contributed by atoms with E-state index < -0.39 is 6.04 Å². The molecule has 28 heavy (non-hydrogen) atoms. The number of amides is 2. The van der Waals surface area contributed by atoms with Crippen molar-refractivity contribution in [1.29, 1.82) is 0 Å². The van der Waals surface area contributed by atoms with Gasteiger partial charge in [-0.1, -0.05) is 12.1 Å². The minimum Gasteiger partial charge on any atom is -0.484 e. The number of nitrogens with one attached hydrogen (secondary N) is 3. The van der Waals surface area contributed by atoms with Crippen LogP contribution in [0.4, 0.5) is 5.69 Å². The van der Waals surface area contributed by atoms with Gasteiger partial charge in [-0.05, 0) is 42.7 Å². The highest BCUT2D eigenvalue weighted by atomic mass is 32.1. The summed E-state index contributed by atoms with van der Waals surface area (Å²) in [5, 5.41) is 14.3. The van der Waals surface area contributed by atoms with Gasteiger partial charge in [0.25, 0.3) is 5.91 Å². The number of anilines is 1. The van der Waals surface area contributed by atoms with Crippen LogP contribution in [0.15, 0.2) is 41.8 Å². The number of carbonyl (C=O) groups excluding carboxylic acids is 2. The molecule has 0 bridgehead atoms. The van der Waals surface area contributed by atoms with Gasteiger partial charge in [-0.15, -0.1) is 11.3 Å². The molecule has 2 amide bonds. The van der Waals surface area contributed by atoms with E-state index in [1.165, 1.54) is 18.4 Å². The summed E-state index contributed by atoms with van der Waals surface area (Å²) in [5.74, 6) is 0.607. The summed E-state index contributed by atoms with van der Waals surface area (Å²) >= 11 is 6.83. The lowest BCUT2D eigenvalue weighted by atomic mass is 10.2. The van der Waals surface area contributed by atoms with Crippen molar-refractivity contribution in [3.05, 3.63) is 46.5 Å². The minimum atomic E-state index is -0.584. The molecular weight excluding hydrogens is 398 g/mol. The highest BCUT2D eigenvalue weighted by Gasteiger charge is 2.21. The summed E-state index contributed by atoms with van der Waals surface area (Å²) < 4.78 is 7.45. The highest BCUT2D eigenvalue weighted by Crippen LogP contribution is 2.26. The van der Waals surface area contributed by atoms with Crippen molar-refractivity contribution in [2.75, 3.05) is 19.0 Å². The van der Waals surface area contributed by atoms with Gasteiger partial charge in [0.2, 0.25) is 5.91 Å². The van der Waals surface area contributed by atoms with Crippen LogP contribution >= 0.6 is 23.6 Å². The monoisotopic (exact) mass is 417 g/mol. The van der Waals surface area contributed by atoms with Gasteiger partial charge in [0.15, 0.2) is 17.2 Å². The molecule has 1 unspecified atom stereocenters. The SMILES string of the molecule is CNC(=O)COc1cccc(NC(=O)C(C)n2c(-c3cccs3)n[nH]c2=S)c1. The zero-order valence-corrected chi connectivity index (χ0v) is 16.9. The maximum atomic E-state index is 12.8. The number of benzene rings is 1. The summed E-state index contributed by atoms with van der Waals surface area (Å²) in [7, 11) is 1.54. The van der Waals surface area contributed by atoms with E-state index in [1.807, 2.05) is 17.5 Å². The predicted molar refractivity (Wildman–Crippen MR) is 110 cm³/mol. The molecule has 0 aliphatic rings. The topological polar surface area (TPSA) is 101 Å². The summed E-state index contributed by atoms with van der Waals surface area (Å²) in [6.45, 7) is 1.66. The fourth-order valence-electron chi connectivity index (χ4n) is 2.49. The molecule has 3 aromatic rings. The first-order valence-corrected chi connectivity index (χ1v) is 9.73. The molecule has 3 rings (SSSR count). The fourth-order valence-corrected chi connectivity index (χ4v) is 3.49. The molecule has 146 valence electrons. The van der Waals surface area contributed by atoms with Gasteiger partial charge in [-0.2, -0.15) is 5.10 Å². The summed E-state index contributed by atoms with van der Waals surface area (Å²) in [5.41, 5.74) is 0.555. The van der Waals surface area contributed by atoms with E-state index in [9.17, 15) is 9.59 Å². The Kier molecular flexibility index (Phi) is 6.22. The molecule has 0 fully saturated rings. The first-order valence-electron chi connectivity index (χ1n) is 8.44. The van der Waals surface area contributed by atoms with Crippen LogP contribution < -0.4 is 15.4 Å². The quantitative estimate of drug-likeness (QED) is 0.513. The van der Waals surface area contributed by atoms with Gasteiger partial charge in [0.05, 0.1) is 4.88 Å². The molecule has 0 aliphatic carbocycles. The lowest BCUT2D eigenvalue weighted by Gasteiger charge is -2.15.